The molecule has 0 aromatic carbocycles. The predicted octanol–water partition coefficient (Wildman–Crippen LogP) is 12.9. The fraction of sp³-hybridized carbons (Fsp3) is 1.00. The van der Waals surface area contributed by atoms with Crippen LogP contribution in [0.1, 0.15) is 219 Å². The Balaban J connectivity index is 3.87. The van der Waals surface area contributed by atoms with Crippen molar-refractivity contribution >= 4 is 0 Å². The van der Waals surface area contributed by atoms with E-state index in [4.69, 9.17) is 19.3 Å². The Morgan fingerprint density at radius 3 is 0.816 bits per heavy atom. The molecule has 1 N–H and O–H groups in total. The lowest BCUT2D eigenvalue weighted by molar-refractivity contribution is 0.00449. The highest BCUT2D eigenvalue weighted by atomic mass is 16.5. The van der Waals surface area contributed by atoms with Crippen LogP contribution in [0.2, 0.25) is 0 Å². The molecule has 49 heavy (non-hydrogen) atoms. The van der Waals surface area contributed by atoms with E-state index in [0.717, 1.165) is 13.2 Å². The average Bonchev–Trinajstić information content (AvgIpc) is 3.11. The van der Waals surface area contributed by atoms with Crippen LogP contribution in [0.4, 0.5) is 0 Å². The van der Waals surface area contributed by atoms with Crippen LogP contribution in [0.5, 0.6) is 0 Å². The van der Waals surface area contributed by atoms with Crippen LogP contribution < -0.4 is 0 Å². The molecule has 0 aliphatic carbocycles. The Bertz CT molecular complexity index is 527. The van der Waals surface area contributed by atoms with Crippen LogP contribution in [0.25, 0.3) is 0 Å². The molecule has 0 radical (unpaired) electrons. The van der Waals surface area contributed by atoms with Crippen molar-refractivity contribution in [3.8, 4) is 0 Å². The Hall–Kier alpha value is -0.200. The number of aliphatic hydroxyl groups excluding tert-OH is 1. The maximum atomic E-state index is 8.76. The third-order valence-electron chi connectivity index (χ3n) is 10.2. The molecule has 0 aromatic heterocycles. The number of hydrogen-bond acceptors (Lipinski definition) is 5. The normalized spacial score (nSPS) is 11.8. The molecule has 296 valence electrons. The van der Waals surface area contributed by atoms with E-state index in [0.29, 0.717) is 33.0 Å². The molecule has 0 aliphatic rings. The smallest absolute Gasteiger partial charge is 0.0701 e. The zero-order valence-corrected chi connectivity index (χ0v) is 33.8. The van der Waals surface area contributed by atoms with Crippen molar-refractivity contribution in [3.05, 3.63) is 0 Å². The Labute approximate surface area is 308 Å². The summed E-state index contributed by atoms with van der Waals surface area (Å²) < 4.78 is 16.7. The van der Waals surface area contributed by atoms with Gasteiger partial charge in [0.2, 0.25) is 0 Å². The van der Waals surface area contributed by atoms with Gasteiger partial charge in [-0.1, -0.05) is 206 Å². The Kier molecular flexibility index (Phi) is 45.6. The second-order valence-corrected chi connectivity index (χ2v) is 15.0. The minimum absolute atomic E-state index is 0.0679. The first-order valence-corrected chi connectivity index (χ1v) is 22.4. The molecule has 0 amide bonds. The van der Waals surface area contributed by atoms with Crippen molar-refractivity contribution in [3.63, 3.8) is 0 Å². The largest absolute Gasteiger partial charge is 0.394 e. The molecule has 0 unspecified atom stereocenters. The van der Waals surface area contributed by atoms with E-state index in [-0.39, 0.29) is 6.61 Å². The number of rotatable bonds is 45. The van der Waals surface area contributed by atoms with Gasteiger partial charge in [-0.05, 0) is 25.9 Å². The molecule has 5 heteroatoms. The maximum Gasteiger partial charge on any atom is 0.0701 e. The number of aliphatic hydroxyl groups is 1. The van der Waals surface area contributed by atoms with Crippen LogP contribution in [0, 0.1) is 0 Å². The summed E-state index contributed by atoms with van der Waals surface area (Å²) >= 11 is 0. The van der Waals surface area contributed by atoms with Crippen LogP contribution in [-0.2, 0) is 14.2 Å². The minimum Gasteiger partial charge on any atom is -0.394 e. The fourth-order valence-corrected chi connectivity index (χ4v) is 6.90. The van der Waals surface area contributed by atoms with Gasteiger partial charge in [0.1, 0.15) is 0 Å². The van der Waals surface area contributed by atoms with E-state index in [1.165, 1.54) is 219 Å². The summed E-state index contributed by atoms with van der Waals surface area (Å²) in [4.78, 5) is 2.66. The van der Waals surface area contributed by atoms with Crippen LogP contribution in [0.3, 0.4) is 0 Å². The number of hydrogen-bond donors (Lipinski definition) is 1. The zero-order valence-electron chi connectivity index (χ0n) is 33.8. The van der Waals surface area contributed by atoms with E-state index in [2.05, 4.69) is 18.7 Å². The van der Waals surface area contributed by atoms with Gasteiger partial charge in [-0.15, -0.1) is 0 Å². The van der Waals surface area contributed by atoms with E-state index in [1.54, 1.807) is 0 Å². The van der Waals surface area contributed by atoms with Gasteiger partial charge in [-0.25, -0.2) is 0 Å². The SMILES string of the molecule is CCCCCCCCCCCCCCCCCCN(CCCCCCCCCCCCCCCCCC)CCOCCOCCOCCO. The highest BCUT2D eigenvalue weighted by molar-refractivity contribution is 4.60. The molecule has 5 nitrogen and oxygen atoms in total. The monoisotopic (exact) mass is 698 g/mol. The summed E-state index contributed by atoms with van der Waals surface area (Å²) in [6.07, 6.45) is 45.7. The van der Waals surface area contributed by atoms with Crippen molar-refractivity contribution < 1.29 is 19.3 Å². The van der Waals surface area contributed by atoms with Gasteiger partial charge < -0.3 is 24.2 Å². The van der Waals surface area contributed by atoms with Crippen LogP contribution in [0.15, 0.2) is 0 Å². The average molecular weight is 698 g/mol. The molecule has 0 aliphatic heterocycles. The van der Waals surface area contributed by atoms with Crippen molar-refractivity contribution in [1.82, 2.24) is 4.90 Å². The van der Waals surface area contributed by atoms with Gasteiger partial charge in [0.05, 0.1) is 46.2 Å². The first kappa shape index (κ1) is 48.8. The second kappa shape index (κ2) is 45.8. The summed E-state index contributed by atoms with van der Waals surface area (Å²) in [5.41, 5.74) is 0. The second-order valence-electron chi connectivity index (χ2n) is 15.0. The highest BCUT2D eigenvalue weighted by Gasteiger charge is 2.06. The summed E-state index contributed by atoms with van der Waals surface area (Å²) in [7, 11) is 0. The van der Waals surface area contributed by atoms with E-state index in [1.807, 2.05) is 0 Å². The lowest BCUT2D eigenvalue weighted by Crippen LogP contribution is -2.30. The molecule has 0 aromatic rings. The molecule has 0 atom stereocenters. The summed E-state index contributed by atoms with van der Waals surface area (Å²) in [5.74, 6) is 0. The summed E-state index contributed by atoms with van der Waals surface area (Å²) in [6, 6.07) is 0. The topological polar surface area (TPSA) is 51.2 Å². The van der Waals surface area contributed by atoms with E-state index in [9.17, 15) is 0 Å². The van der Waals surface area contributed by atoms with Crippen molar-refractivity contribution in [2.45, 2.75) is 219 Å². The van der Waals surface area contributed by atoms with Gasteiger partial charge in [0.15, 0.2) is 0 Å². The summed E-state index contributed by atoms with van der Waals surface area (Å²) in [5, 5.41) is 8.76. The maximum absolute atomic E-state index is 8.76. The molecule has 0 fully saturated rings. The third-order valence-corrected chi connectivity index (χ3v) is 10.2. The first-order valence-electron chi connectivity index (χ1n) is 22.4. The molecule has 0 heterocycles. The standard InChI is InChI=1S/C44H91NO4/c1-3-5-7-9-11-13-15-17-19-21-23-25-27-29-31-33-35-45(37-39-47-41-43-49-44-42-48-40-38-46)36-34-32-30-28-26-24-22-20-18-16-14-12-10-8-6-4-2/h46H,3-44H2,1-2H3. The van der Waals surface area contributed by atoms with Gasteiger partial charge in [0.25, 0.3) is 0 Å². The quantitative estimate of drug-likeness (QED) is 0.0642. The number of unbranched alkanes of at least 4 members (excludes halogenated alkanes) is 30. The van der Waals surface area contributed by atoms with Crippen molar-refractivity contribution in [2.24, 2.45) is 0 Å². The molecular formula is C44H91NO4. The Morgan fingerprint density at radius 2 is 0.531 bits per heavy atom. The van der Waals surface area contributed by atoms with Gasteiger partial charge >= 0.3 is 0 Å². The molecule has 0 saturated carbocycles. The van der Waals surface area contributed by atoms with Crippen LogP contribution in [-0.4, -0.2) is 75.9 Å². The fourth-order valence-electron chi connectivity index (χ4n) is 6.90. The number of nitrogens with zero attached hydrogens (tertiary/aromatic N) is 1. The van der Waals surface area contributed by atoms with Gasteiger partial charge in [-0.3, -0.25) is 0 Å². The summed E-state index contributed by atoms with van der Waals surface area (Å²) in [6.45, 7) is 11.7. The lowest BCUT2D eigenvalue weighted by atomic mass is 10.0. The minimum atomic E-state index is 0.0679. The number of ether oxygens (including phenoxy) is 3. The highest BCUT2D eigenvalue weighted by Crippen LogP contribution is 2.16. The Morgan fingerprint density at radius 1 is 0.286 bits per heavy atom. The van der Waals surface area contributed by atoms with Gasteiger partial charge in [-0.2, -0.15) is 0 Å². The van der Waals surface area contributed by atoms with E-state index < -0.39 is 0 Å². The molecule has 0 rings (SSSR count). The van der Waals surface area contributed by atoms with Crippen molar-refractivity contribution in [1.29, 1.82) is 0 Å². The lowest BCUT2D eigenvalue weighted by Gasteiger charge is -2.22. The first-order chi connectivity index (χ1) is 24.3. The molecule has 0 spiro atoms. The van der Waals surface area contributed by atoms with Crippen LogP contribution >= 0.6 is 0 Å². The van der Waals surface area contributed by atoms with Gasteiger partial charge in [0, 0.05) is 6.54 Å². The van der Waals surface area contributed by atoms with E-state index >= 15 is 0 Å². The molecular weight excluding hydrogens is 606 g/mol. The zero-order chi connectivity index (χ0) is 35.4. The molecule has 0 bridgehead atoms. The van der Waals surface area contributed by atoms with Crippen molar-refractivity contribution in [2.75, 3.05) is 65.9 Å². The third kappa shape index (κ3) is 43.9. The molecule has 0 saturated heterocycles. The predicted molar refractivity (Wildman–Crippen MR) is 215 cm³/mol.